The lowest BCUT2D eigenvalue weighted by Gasteiger charge is -2.23. The summed E-state index contributed by atoms with van der Waals surface area (Å²) in [6, 6.07) is 11.3. The summed E-state index contributed by atoms with van der Waals surface area (Å²) >= 11 is 0.927. The zero-order valence-electron chi connectivity index (χ0n) is 19.5. The summed E-state index contributed by atoms with van der Waals surface area (Å²) < 4.78 is 18.3. The number of benzene rings is 2. The van der Waals surface area contributed by atoms with Crippen LogP contribution >= 0.6 is 11.3 Å². The minimum absolute atomic E-state index is 0.126. The highest BCUT2D eigenvalue weighted by molar-refractivity contribution is 7.17. The molecule has 1 aromatic heterocycles. The van der Waals surface area contributed by atoms with Gasteiger partial charge in [-0.25, -0.2) is 14.2 Å². The Kier molecular flexibility index (Phi) is 6.53. The van der Waals surface area contributed by atoms with Gasteiger partial charge in [0.2, 0.25) is 0 Å². The first kappa shape index (κ1) is 24.3. The van der Waals surface area contributed by atoms with Crippen molar-refractivity contribution in [2.24, 2.45) is 0 Å². The third kappa shape index (κ3) is 4.35. The maximum atomic E-state index is 13.5. The second kappa shape index (κ2) is 9.42. The van der Waals surface area contributed by atoms with Gasteiger partial charge in [0.1, 0.15) is 16.5 Å². The Balaban J connectivity index is 1.92. The molecule has 0 saturated carbocycles. The van der Waals surface area contributed by atoms with Crippen molar-refractivity contribution in [1.82, 2.24) is 4.98 Å². The van der Waals surface area contributed by atoms with Crippen LogP contribution < -0.4 is 4.90 Å². The molecule has 1 aliphatic rings. The number of ether oxygens (including phenoxy) is 1. The molecule has 0 radical (unpaired) electrons. The van der Waals surface area contributed by atoms with Crippen LogP contribution in [0.2, 0.25) is 0 Å². The van der Waals surface area contributed by atoms with Gasteiger partial charge in [0.05, 0.1) is 24.4 Å². The molecule has 2 heterocycles. The van der Waals surface area contributed by atoms with E-state index in [4.69, 9.17) is 4.74 Å². The number of aromatic nitrogens is 1. The van der Waals surface area contributed by atoms with Crippen LogP contribution in [-0.4, -0.2) is 34.9 Å². The molecule has 2 aromatic carbocycles. The first-order valence-corrected chi connectivity index (χ1v) is 11.7. The Morgan fingerprint density at radius 1 is 1.11 bits per heavy atom. The van der Waals surface area contributed by atoms with Gasteiger partial charge in [0, 0.05) is 5.56 Å². The summed E-state index contributed by atoms with van der Waals surface area (Å²) in [6.45, 7) is 5.69. The molecule has 9 heteroatoms. The second-order valence-corrected chi connectivity index (χ2v) is 9.38. The molecule has 35 heavy (non-hydrogen) atoms. The number of aliphatic hydroxyl groups is 1. The van der Waals surface area contributed by atoms with Crippen molar-refractivity contribution in [3.05, 3.63) is 87.2 Å². The lowest BCUT2D eigenvalue weighted by atomic mass is 9.93. The molecule has 0 spiro atoms. The molecule has 0 aliphatic carbocycles. The number of rotatable bonds is 5. The minimum atomic E-state index is -1.00. The van der Waals surface area contributed by atoms with Gasteiger partial charge in [-0.2, -0.15) is 0 Å². The number of carbonyl (C=O) groups excluding carboxylic acids is 3. The molecule has 1 N–H and O–H groups in total. The number of carbonyl (C=O) groups is 3. The number of anilines is 1. The smallest absolute Gasteiger partial charge is 0.350 e. The third-order valence-corrected chi connectivity index (χ3v) is 6.98. The number of aryl methyl sites for hydroxylation is 1. The first-order valence-electron chi connectivity index (χ1n) is 10.9. The Bertz CT molecular complexity index is 1340. The Morgan fingerprint density at radius 3 is 2.31 bits per heavy atom. The van der Waals surface area contributed by atoms with E-state index in [9.17, 15) is 23.9 Å². The van der Waals surface area contributed by atoms with E-state index in [0.29, 0.717) is 11.3 Å². The van der Waals surface area contributed by atoms with Crippen molar-refractivity contribution in [2.75, 3.05) is 12.0 Å². The van der Waals surface area contributed by atoms with Crippen LogP contribution in [0.4, 0.5) is 9.52 Å². The summed E-state index contributed by atoms with van der Waals surface area (Å²) in [5.74, 6) is -3.07. The molecule has 4 rings (SSSR count). The molecule has 7 nitrogen and oxygen atoms in total. The van der Waals surface area contributed by atoms with Crippen molar-refractivity contribution in [1.29, 1.82) is 0 Å². The lowest BCUT2D eigenvalue weighted by Crippen LogP contribution is -2.29. The van der Waals surface area contributed by atoms with Gasteiger partial charge in [-0.3, -0.25) is 14.5 Å². The SMILES string of the molecule is COC(=O)c1sc(N2C(=O)C(=O)/C(=C(/O)c3ccc(F)cc3)C2c2ccc(C(C)C)cc2)nc1C. The van der Waals surface area contributed by atoms with Gasteiger partial charge in [0.15, 0.2) is 5.13 Å². The van der Waals surface area contributed by atoms with E-state index in [1.54, 1.807) is 19.1 Å². The van der Waals surface area contributed by atoms with Crippen molar-refractivity contribution in [3.63, 3.8) is 0 Å². The molecule has 0 bridgehead atoms. The number of Topliss-reactive ketones (excluding diaryl/α,β-unsaturated/α-hetero) is 1. The third-order valence-electron chi connectivity index (χ3n) is 5.84. The van der Waals surface area contributed by atoms with Gasteiger partial charge in [-0.15, -0.1) is 0 Å². The van der Waals surface area contributed by atoms with Crippen molar-refractivity contribution >= 4 is 39.9 Å². The number of halogens is 1. The van der Waals surface area contributed by atoms with Gasteiger partial charge in [-0.05, 0) is 48.2 Å². The largest absolute Gasteiger partial charge is 0.507 e. The molecular weight excluding hydrogens is 471 g/mol. The lowest BCUT2D eigenvalue weighted by molar-refractivity contribution is -0.132. The Hall–Kier alpha value is -3.85. The van der Waals surface area contributed by atoms with Crippen LogP contribution in [0.1, 0.15) is 57.9 Å². The van der Waals surface area contributed by atoms with Crippen molar-refractivity contribution < 1.29 is 28.6 Å². The van der Waals surface area contributed by atoms with Crippen molar-refractivity contribution in [3.8, 4) is 0 Å². The van der Waals surface area contributed by atoms with Crippen LogP contribution in [0, 0.1) is 12.7 Å². The highest BCUT2D eigenvalue weighted by atomic mass is 32.1. The number of ketones is 1. The molecule has 3 aromatic rings. The van der Waals surface area contributed by atoms with Gasteiger partial charge >= 0.3 is 11.9 Å². The maximum Gasteiger partial charge on any atom is 0.350 e. The van der Waals surface area contributed by atoms with E-state index in [-0.39, 0.29) is 27.1 Å². The summed E-state index contributed by atoms with van der Waals surface area (Å²) in [7, 11) is 1.24. The number of aliphatic hydroxyl groups excluding tert-OH is 1. The average Bonchev–Trinajstić information content (AvgIpc) is 3.35. The molecule has 1 fully saturated rings. The standard InChI is InChI=1S/C26H23FN2O5S/c1-13(2)15-5-7-16(8-6-15)20-19(21(30)17-9-11-18(27)12-10-17)22(31)24(32)29(20)26-28-14(3)23(35-26)25(33)34-4/h5-13,20,30H,1-4H3/b21-19+. The van der Waals surface area contributed by atoms with E-state index < -0.39 is 35.3 Å². The van der Waals surface area contributed by atoms with Gasteiger partial charge < -0.3 is 9.84 Å². The van der Waals surface area contributed by atoms with Gasteiger partial charge in [-0.1, -0.05) is 49.4 Å². The van der Waals surface area contributed by atoms with E-state index in [0.717, 1.165) is 29.0 Å². The number of methoxy groups -OCH3 is 1. The van der Waals surface area contributed by atoms with Crippen molar-refractivity contribution in [2.45, 2.75) is 32.7 Å². The topological polar surface area (TPSA) is 96.8 Å². The summed E-state index contributed by atoms with van der Waals surface area (Å²) in [4.78, 5) is 44.4. The monoisotopic (exact) mass is 494 g/mol. The van der Waals surface area contributed by atoms with E-state index in [1.165, 1.54) is 24.1 Å². The second-order valence-electron chi connectivity index (χ2n) is 8.40. The minimum Gasteiger partial charge on any atom is -0.507 e. The van der Waals surface area contributed by atoms with Crippen LogP contribution in [-0.2, 0) is 14.3 Å². The maximum absolute atomic E-state index is 13.5. The first-order chi connectivity index (χ1) is 16.6. The zero-order chi connectivity index (χ0) is 25.4. The predicted molar refractivity (Wildman–Crippen MR) is 130 cm³/mol. The molecule has 1 unspecified atom stereocenters. The fourth-order valence-corrected chi connectivity index (χ4v) is 4.95. The van der Waals surface area contributed by atoms with E-state index >= 15 is 0 Å². The highest BCUT2D eigenvalue weighted by Crippen LogP contribution is 2.44. The number of nitrogens with zero attached hydrogens (tertiary/aromatic N) is 2. The zero-order valence-corrected chi connectivity index (χ0v) is 20.4. The van der Waals surface area contributed by atoms with Crippen LogP contribution in [0.5, 0.6) is 0 Å². The molecule has 1 saturated heterocycles. The number of amides is 1. The highest BCUT2D eigenvalue weighted by Gasteiger charge is 2.48. The Morgan fingerprint density at radius 2 is 1.74 bits per heavy atom. The van der Waals surface area contributed by atoms with E-state index in [1.807, 2.05) is 26.0 Å². The van der Waals surface area contributed by atoms with Crippen LogP contribution in [0.25, 0.3) is 5.76 Å². The molecule has 1 amide bonds. The molecule has 1 aliphatic heterocycles. The number of thiazole rings is 1. The predicted octanol–water partition coefficient (Wildman–Crippen LogP) is 5.13. The Labute approximate surface area is 205 Å². The average molecular weight is 495 g/mol. The normalized spacial score (nSPS) is 17.3. The summed E-state index contributed by atoms with van der Waals surface area (Å²) in [5, 5.41) is 11.2. The molecule has 1 atom stereocenters. The molecule has 180 valence electrons. The fourth-order valence-electron chi connectivity index (χ4n) is 3.94. The number of hydrogen-bond acceptors (Lipinski definition) is 7. The van der Waals surface area contributed by atoms with Crippen LogP contribution in [0.3, 0.4) is 0 Å². The van der Waals surface area contributed by atoms with Crippen LogP contribution in [0.15, 0.2) is 54.1 Å². The number of esters is 1. The van der Waals surface area contributed by atoms with Gasteiger partial charge in [0.25, 0.3) is 5.78 Å². The quantitative estimate of drug-likeness (QED) is 0.229. The summed E-state index contributed by atoms with van der Waals surface area (Å²) in [6.07, 6.45) is 0. The number of hydrogen-bond donors (Lipinski definition) is 1. The molecular formula is C26H23FN2O5S. The summed E-state index contributed by atoms with van der Waals surface area (Å²) in [5.41, 5.74) is 2.03. The van der Waals surface area contributed by atoms with E-state index in [2.05, 4.69) is 4.98 Å². The fraction of sp³-hybridized carbons (Fsp3) is 0.231.